The third-order valence-electron chi connectivity index (χ3n) is 4.10. The van der Waals surface area contributed by atoms with Crippen LogP contribution in [-0.4, -0.2) is 30.6 Å². The Labute approximate surface area is 108 Å². The minimum absolute atomic E-state index is 0.389. The molecule has 1 rings (SSSR count). The van der Waals surface area contributed by atoms with Crippen molar-refractivity contribution in [2.45, 2.75) is 65.8 Å². The van der Waals surface area contributed by atoms with Gasteiger partial charge in [-0.1, -0.05) is 34.1 Å². The summed E-state index contributed by atoms with van der Waals surface area (Å²) in [7, 11) is 0. The fraction of sp³-hybridized carbons (Fsp3) is 1.00. The molecule has 0 saturated carbocycles. The highest BCUT2D eigenvalue weighted by atomic mass is 15.2. The first-order valence-electron chi connectivity index (χ1n) is 7.40. The van der Waals surface area contributed by atoms with E-state index >= 15 is 0 Å². The lowest BCUT2D eigenvalue weighted by atomic mass is 9.87. The lowest BCUT2D eigenvalue weighted by Gasteiger charge is -2.34. The predicted octanol–water partition coefficient (Wildman–Crippen LogP) is 3.26. The van der Waals surface area contributed by atoms with Crippen LogP contribution in [0.2, 0.25) is 0 Å². The Kier molecular flexibility index (Phi) is 5.94. The van der Waals surface area contributed by atoms with E-state index in [4.69, 9.17) is 5.73 Å². The van der Waals surface area contributed by atoms with Crippen molar-refractivity contribution in [1.82, 2.24) is 4.90 Å². The molecule has 17 heavy (non-hydrogen) atoms. The van der Waals surface area contributed by atoms with Crippen LogP contribution in [-0.2, 0) is 0 Å². The monoisotopic (exact) mass is 240 g/mol. The van der Waals surface area contributed by atoms with Gasteiger partial charge in [0.15, 0.2) is 0 Å². The molecule has 2 atom stereocenters. The summed E-state index contributed by atoms with van der Waals surface area (Å²) in [6.07, 6.45) is 6.72. The lowest BCUT2D eigenvalue weighted by Crippen LogP contribution is -2.43. The second-order valence-electron chi connectivity index (χ2n) is 6.90. The van der Waals surface area contributed by atoms with Crippen molar-refractivity contribution in [2.24, 2.45) is 17.1 Å². The zero-order valence-corrected chi connectivity index (χ0v) is 12.3. The molecule has 0 aromatic heterocycles. The minimum Gasteiger partial charge on any atom is -0.329 e. The fourth-order valence-corrected chi connectivity index (χ4v) is 3.03. The summed E-state index contributed by atoms with van der Waals surface area (Å²) in [5.41, 5.74) is 6.38. The zero-order valence-electron chi connectivity index (χ0n) is 12.3. The fourth-order valence-electron chi connectivity index (χ4n) is 3.03. The smallest absolute Gasteiger partial charge is 0.0223 e. The van der Waals surface area contributed by atoms with Gasteiger partial charge in [-0.05, 0) is 50.1 Å². The van der Waals surface area contributed by atoms with Crippen molar-refractivity contribution >= 4 is 0 Å². The second kappa shape index (κ2) is 6.75. The number of hydrogen-bond donors (Lipinski definition) is 1. The number of nitrogens with zero attached hydrogens (tertiary/aromatic N) is 1. The van der Waals surface area contributed by atoms with E-state index < -0.39 is 0 Å². The van der Waals surface area contributed by atoms with E-state index in [-0.39, 0.29) is 0 Å². The van der Waals surface area contributed by atoms with Gasteiger partial charge in [0, 0.05) is 12.6 Å². The summed E-state index contributed by atoms with van der Waals surface area (Å²) in [5.74, 6) is 0.952. The van der Waals surface area contributed by atoms with Crippen LogP contribution in [0, 0.1) is 11.3 Å². The molecule has 1 heterocycles. The number of nitrogens with two attached hydrogens (primary N) is 1. The van der Waals surface area contributed by atoms with Gasteiger partial charge in [0.2, 0.25) is 0 Å². The first kappa shape index (κ1) is 15.0. The maximum Gasteiger partial charge on any atom is 0.0223 e. The van der Waals surface area contributed by atoms with Crippen LogP contribution in [0.15, 0.2) is 0 Å². The summed E-state index contributed by atoms with van der Waals surface area (Å²) in [5, 5.41) is 0. The van der Waals surface area contributed by atoms with Gasteiger partial charge in [-0.25, -0.2) is 0 Å². The van der Waals surface area contributed by atoms with E-state index in [2.05, 4.69) is 32.6 Å². The number of rotatable bonds is 4. The Morgan fingerprint density at radius 3 is 2.47 bits per heavy atom. The molecule has 0 bridgehead atoms. The van der Waals surface area contributed by atoms with Crippen molar-refractivity contribution in [2.75, 3.05) is 19.6 Å². The van der Waals surface area contributed by atoms with Gasteiger partial charge in [-0.15, -0.1) is 0 Å². The number of hydrogen-bond acceptors (Lipinski definition) is 2. The first-order chi connectivity index (χ1) is 7.96. The highest BCUT2D eigenvalue weighted by Crippen LogP contribution is 2.26. The average Bonchev–Trinajstić information content (AvgIpc) is 2.49. The van der Waals surface area contributed by atoms with Crippen LogP contribution < -0.4 is 5.73 Å². The molecular weight excluding hydrogens is 208 g/mol. The van der Waals surface area contributed by atoms with Gasteiger partial charge >= 0.3 is 0 Å². The van der Waals surface area contributed by atoms with Crippen LogP contribution in [0.4, 0.5) is 0 Å². The molecule has 0 spiro atoms. The van der Waals surface area contributed by atoms with E-state index in [9.17, 15) is 0 Å². The summed E-state index contributed by atoms with van der Waals surface area (Å²) >= 11 is 0. The van der Waals surface area contributed by atoms with E-state index in [1.807, 2.05) is 0 Å². The van der Waals surface area contributed by atoms with Crippen LogP contribution in [0.25, 0.3) is 0 Å². The standard InChI is InChI=1S/C15H32N2/c1-5-13-7-6-9-17(10-8-13)14(12-16)11-15(2,3)4/h13-14H,5-12,16H2,1-4H3. The van der Waals surface area contributed by atoms with E-state index in [1.54, 1.807) is 0 Å². The van der Waals surface area contributed by atoms with Gasteiger partial charge in [0.1, 0.15) is 0 Å². The molecule has 0 radical (unpaired) electrons. The molecule has 102 valence electrons. The molecule has 0 aromatic carbocycles. The average molecular weight is 240 g/mol. The summed E-state index contributed by atoms with van der Waals surface area (Å²) in [6, 6.07) is 0.589. The van der Waals surface area contributed by atoms with Crippen LogP contribution in [0.1, 0.15) is 59.8 Å². The SMILES string of the molecule is CCC1CCCN(C(CN)CC(C)(C)C)CC1. The molecule has 0 aliphatic carbocycles. The van der Waals surface area contributed by atoms with Crippen LogP contribution >= 0.6 is 0 Å². The van der Waals surface area contributed by atoms with Crippen molar-refractivity contribution < 1.29 is 0 Å². The Morgan fingerprint density at radius 1 is 1.24 bits per heavy atom. The third kappa shape index (κ3) is 5.39. The van der Waals surface area contributed by atoms with E-state index in [0.29, 0.717) is 11.5 Å². The lowest BCUT2D eigenvalue weighted by molar-refractivity contribution is 0.155. The second-order valence-corrected chi connectivity index (χ2v) is 6.90. The first-order valence-corrected chi connectivity index (χ1v) is 7.40. The molecular formula is C15H32N2. The molecule has 1 fully saturated rings. The Bertz CT molecular complexity index is 207. The van der Waals surface area contributed by atoms with Crippen molar-refractivity contribution in [3.05, 3.63) is 0 Å². The molecule has 0 aromatic rings. The number of likely N-dealkylation sites (tertiary alicyclic amines) is 1. The van der Waals surface area contributed by atoms with Gasteiger partial charge in [-0.3, -0.25) is 4.90 Å². The molecule has 2 N–H and O–H groups in total. The Balaban J connectivity index is 2.51. The Hall–Kier alpha value is -0.0800. The topological polar surface area (TPSA) is 29.3 Å². The molecule has 2 nitrogen and oxygen atoms in total. The summed E-state index contributed by atoms with van der Waals surface area (Å²) < 4.78 is 0. The minimum atomic E-state index is 0.389. The summed E-state index contributed by atoms with van der Waals surface area (Å²) in [4.78, 5) is 2.65. The maximum atomic E-state index is 5.99. The van der Waals surface area contributed by atoms with Gasteiger partial charge in [0.25, 0.3) is 0 Å². The van der Waals surface area contributed by atoms with Gasteiger partial charge in [-0.2, -0.15) is 0 Å². The third-order valence-corrected chi connectivity index (χ3v) is 4.10. The van der Waals surface area contributed by atoms with Crippen molar-refractivity contribution in [3.8, 4) is 0 Å². The molecule has 1 aliphatic heterocycles. The van der Waals surface area contributed by atoms with Crippen molar-refractivity contribution in [1.29, 1.82) is 0 Å². The normalized spacial score (nSPS) is 25.6. The van der Waals surface area contributed by atoms with Gasteiger partial charge < -0.3 is 5.73 Å². The molecule has 2 unspecified atom stereocenters. The molecule has 1 aliphatic rings. The Morgan fingerprint density at radius 2 is 1.94 bits per heavy atom. The molecule has 1 saturated heterocycles. The molecule has 0 amide bonds. The predicted molar refractivity (Wildman–Crippen MR) is 76.1 cm³/mol. The van der Waals surface area contributed by atoms with Crippen LogP contribution in [0.3, 0.4) is 0 Å². The van der Waals surface area contributed by atoms with Gasteiger partial charge in [0.05, 0.1) is 0 Å². The van der Waals surface area contributed by atoms with Crippen molar-refractivity contribution in [3.63, 3.8) is 0 Å². The van der Waals surface area contributed by atoms with E-state index in [1.165, 1.54) is 45.2 Å². The largest absolute Gasteiger partial charge is 0.329 e. The van der Waals surface area contributed by atoms with E-state index in [0.717, 1.165) is 12.5 Å². The van der Waals surface area contributed by atoms with Crippen LogP contribution in [0.5, 0.6) is 0 Å². The maximum absolute atomic E-state index is 5.99. The highest BCUT2D eigenvalue weighted by Gasteiger charge is 2.25. The zero-order chi connectivity index (χ0) is 12.9. The summed E-state index contributed by atoms with van der Waals surface area (Å²) in [6.45, 7) is 12.6. The quantitative estimate of drug-likeness (QED) is 0.817. The molecule has 2 heteroatoms. The highest BCUT2D eigenvalue weighted by molar-refractivity contribution is 4.81.